The maximum atomic E-state index is 12.4. The number of aryl methyl sites for hydroxylation is 1. The Balaban J connectivity index is 2.06. The summed E-state index contributed by atoms with van der Waals surface area (Å²) >= 11 is 0. The number of aromatic nitrogens is 2. The molecule has 2 atom stereocenters. The molecule has 2 heterocycles. The van der Waals surface area contributed by atoms with Gasteiger partial charge in [-0.25, -0.2) is 12.7 Å². The lowest BCUT2D eigenvalue weighted by atomic mass is 10.1. The Morgan fingerprint density at radius 3 is 2.74 bits per heavy atom. The molecule has 8 nitrogen and oxygen atoms in total. The lowest BCUT2D eigenvalue weighted by Crippen LogP contribution is -2.43. The number of rotatable bonds is 6. The van der Waals surface area contributed by atoms with Gasteiger partial charge in [0.1, 0.15) is 0 Å². The zero-order chi connectivity index (χ0) is 17.2. The number of carbonyl (C=O) groups is 1. The van der Waals surface area contributed by atoms with Crippen molar-refractivity contribution in [3.8, 4) is 0 Å². The molecule has 1 aromatic rings. The van der Waals surface area contributed by atoms with Crippen LogP contribution in [0.3, 0.4) is 0 Å². The predicted octanol–water partition coefficient (Wildman–Crippen LogP) is -0.152. The molecule has 1 aliphatic heterocycles. The maximum Gasteiger partial charge on any atom is 0.255 e. The van der Waals surface area contributed by atoms with Crippen LogP contribution in [0.25, 0.3) is 0 Å². The minimum atomic E-state index is -3.34. The predicted molar refractivity (Wildman–Crippen MR) is 85.7 cm³/mol. The lowest BCUT2D eigenvalue weighted by Gasteiger charge is -2.21. The first kappa shape index (κ1) is 17.9. The van der Waals surface area contributed by atoms with Gasteiger partial charge in [0.05, 0.1) is 36.8 Å². The first-order valence-corrected chi connectivity index (χ1v) is 9.18. The van der Waals surface area contributed by atoms with Crippen molar-refractivity contribution in [1.29, 1.82) is 0 Å². The summed E-state index contributed by atoms with van der Waals surface area (Å²) in [6.07, 6.45) is 1.54. The van der Waals surface area contributed by atoms with Crippen LogP contribution in [-0.4, -0.2) is 67.5 Å². The molecular weight excluding hydrogens is 320 g/mol. The van der Waals surface area contributed by atoms with Gasteiger partial charge in [-0.2, -0.15) is 5.10 Å². The molecule has 0 radical (unpaired) electrons. The lowest BCUT2D eigenvalue weighted by molar-refractivity contribution is 0.0925. The molecule has 0 aromatic carbocycles. The van der Waals surface area contributed by atoms with Crippen LogP contribution in [0.15, 0.2) is 6.20 Å². The van der Waals surface area contributed by atoms with Crippen molar-refractivity contribution in [3.05, 3.63) is 17.5 Å². The third-order valence-electron chi connectivity index (χ3n) is 4.14. The van der Waals surface area contributed by atoms with Gasteiger partial charge in [0.2, 0.25) is 10.0 Å². The fraction of sp³-hybridized carbons (Fsp3) is 0.714. The van der Waals surface area contributed by atoms with Crippen molar-refractivity contribution in [3.63, 3.8) is 0 Å². The second-order valence-electron chi connectivity index (χ2n) is 5.90. The molecule has 1 amide bonds. The molecule has 0 aliphatic carbocycles. The van der Waals surface area contributed by atoms with Crippen LogP contribution in [0, 0.1) is 12.8 Å². The van der Waals surface area contributed by atoms with E-state index in [0.717, 1.165) is 5.69 Å². The molecule has 0 unspecified atom stereocenters. The van der Waals surface area contributed by atoms with Gasteiger partial charge in [-0.1, -0.05) is 0 Å². The van der Waals surface area contributed by atoms with Crippen molar-refractivity contribution in [2.24, 2.45) is 5.92 Å². The fourth-order valence-electron chi connectivity index (χ4n) is 2.58. The van der Waals surface area contributed by atoms with Gasteiger partial charge >= 0.3 is 0 Å². The first-order chi connectivity index (χ1) is 10.8. The molecule has 0 spiro atoms. The minimum absolute atomic E-state index is 0.0435. The van der Waals surface area contributed by atoms with Crippen molar-refractivity contribution in [2.45, 2.75) is 26.4 Å². The summed E-state index contributed by atoms with van der Waals surface area (Å²) in [6.45, 7) is 5.13. The second-order valence-corrected chi connectivity index (χ2v) is 8.13. The third-order valence-corrected chi connectivity index (χ3v) is 6.11. The van der Waals surface area contributed by atoms with Crippen molar-refractivity contribution in [2.75, 3.05) is 33.1 Å². The van der Waals surface area contributed by atoms with Crippen LogP contribution in [0.4, 0.5) is 0 Å². The zero-order valence-corrected chi connectivity index (χ0v) is 14.8. The Kier molecular flexibility index (Phi) is 5.43. The van der Waals surface area contributed by atoms with Gasteiger partial charge in [0.25, 0.3) is 5.91 Å². The number of carbonyl (C=O) groups excluding carboxylic acids is 1. The van der Waals surface area contributed by atoms with Gasteiger partial charge in [0.15, 0.2) is 0 Å². The van der Waals surface area contributed by atoms with Gasteiger partial charge in [-0.15, -0.1) is 0 Å². The summed E-state index contributed by atoms with van der Waals surface area (Å²) in [6, 6.07) is -0.318. The van der Waals surface area contributed by atoms with Crippen molar-refractivity contribution in [1.82, 2.24) is 19.4 Å². The fourth-order valence-corrected chi connectivity index (χ4v) is 3.74. The van der Waals surface area contributed by atoms with Gasteiger partial charge in [-0.05, 0) is 13.8 Å². The molecule has 2 rings (SSSR count). The molecule has 1 N–H and O–H groups in total. The van der Waals surface area contributed by atoms with Crippen LogP contribution in [0.1, 0.15) is 23.0 Å². The molecule has 130 valence electrons. The number of sulfonamides is 1. The molecule has 0 bridgehead atoms. The van der Waals surface area contributed by atoms with E-state index in [-0.39, 0.29) is 23.6 Å². The van der Waals surface area contributed by atoms with Crippen LogP contribution in [-0.2, 0) is 21.3 Å². The van der Waals surface area contributed by atoms with E-state index in [1.165, 1.54) is 24.6 Å². The monoisotopic (exact) mass is 344 g/mol. The first-order valence-electron chi connectivity index (χ1n) is 7.57. The summed E-state index contributed by atoms with van der Waals surface area (Å²) in [5.41, 5.74) is 1.30. The molecule has 0 saturated carbocycles. The topological polar surface area (TPSA) is 93.5 Å². The Bertz CT molecular complexity index is 668. The Morgan fingerprint density at radius 1 is 1.48 bits per heavy atom. The van der Waals surface area contributed by atoms with E-state index in [4.69, 9.17) is 4.74 Å². The Morgan fingerprint density at radius 2 is 2.17 bits per heavy atom. The Hall–Kier alpha value is -1.45. The molecule has 1 saturated heterocycles. The minimum Gasteiger partial charge on any atom is -0.379 e. The summed E-state index contributed by atoms with van der Waals surface area (Å²) in [7, 11) is -0.335. The highest BCUT2D eigenvalue weighted by Gasteiger charge is 2.34. The summed E-state index contributed by atoms with van der Waals surface area (Å²) in [5.74, 6) is -0.546. The highest BCUT2D eigenvalue weighted by Crippen LogP contribution is 2.18. The van der Waals surface area contributed by atoms with Gasteiger partial charge < -0.3 is 10.1 Å². The highest BCUT2D eigenvalue weighted by atomic mass is 32.2. The summed E-state index contributed by atoms with van der Waals surface area (Å²) in [5, 5.41) is 7.04. The summed E-state index contributed by atoms with van der Waals surface area (Å²) < 4.78 is 32.4. The number of hydrogen-bond acceptors (Lipinski definition) is 5. The third kappa shape index (κ3) is 3.91. The zero-order valence-electron chi connectivity index (χ0n) is 13.9. The smallest absolute Gasteiger partial charge is 0.255 e. The van der Waals surface area contributed by atoms with Crippen LogP contribution in [0.2, 0.25) is 0 Å². The van der Waals surface area contributed by atoms with Crippen molar-refractivity contribution < 1.29 is 17.9 Å². The van der Waals surface area contributed by atoms with Crippen LogP contribution >= 0.6 is 0 Å². The molecule has 1 aliphatic rings. The van der Waals surface area contributed by atoms with E-state index in [1.54, 1.807) is 4.68 Å². The van der Waals surface area contributed by atoms with E-state index in [2.05, 4.69) is 10.4 Å². The normalized spacial score (nSPS) is 21.8. The SMILES string of the molecule is CCn1ncc(C(=O)N[C@H]2COC[C@H]2CS(=O)(=O)N(C)C)c1C. The van der Waals surface area contributed by atoms with Crippen LogP contribution < -0.4 is 5.32 Å². The second kappa shape index (κ2) is 6.98. The molecule has 1 fully saturated rings. The van der Waals surface area contributed by atoms with E-state index in [0.29, 0.717) is 25.3 Å². The maximum absolute atomic E-state index is 12.4. The number of amides is 1. The largest absolute Gasteiger partial charge is 0.379 e. The molecule has 1 aromatic heterocycles. The van der Waals surface area contributed by atoms with Crippen molar-refractivity contribution >= 4 is 15.9 Å². The highest BCUT2D eigenvalue weighted by molar-refractivity contribution is 7.89. The number of hydrogen-bond donors (Lipinski definition) is 1. The molecular formula is C14H24N4O4S. The average Bonchev–Trinajstić information content (AvgIpc) is 3.05. The van der Waals surface area contributed by atoms with Crippen LogP contribution in [0.5, 0.6) is 0 Å². The Labute approximate surface area is 136 Å². The number of ether oxygens (including phenoxy) is 1. The van der Waals surface area contributed by atoms with Gasteiger partial charge in [0, 0.05) is 32.3 Å². The number of nitrogens with zero attached hydrogens (tertiary/aromatic N) is 3. The van der Waals surface area contributed by atoms with E-state index in [1.807, 2.05) is 13.8 Å². The molecule has 9 heteroatoms. The van der Waals surface area contributed by atoms with E-state index < -0.39 is 10.0 Å². The van der Waals surface area contributed by atoms with E-state index in [9.17, 15) is 13.2 Å². The standard InChI is InChI=1S/C14H24N4O4S/c1-5-18-10(2)12(6-15-18)14(19)16-13-8-22-7-11(13)9-23(20,21)17(3)4/h6,11,13H,5,7-9H2,1-4H3,(H,16,19)/t11-,13-/m0/s1. The number of nitrogens with one attached hydrogen (secondary N) is 1. The summed E-state index contributed by atoms with van der Waals surface area (Å²) in [4.78, 5) is 12.4. The van der Waals surface area contributed by atoms with Gasteiger partial charge in [-0.3, -0.25) is 9.48 Å². The average molecular weight is 344 g/mol. The molecule has 23 heavy (non-hydrogen) atoms. The van der Waals surface area contributed by atoms with E-state index >= 15 is 0 Å². The quantitative estimate of drug-likeness (QED) is 0.774.